The van der Waals surface area contributed by atoms with Crippen molar-refractivity contribution >= 4 is 22.5 Å². The number of aryl methyl sites for hydroxylation is 1. The number of likely N-dealkylation sites (tertiary alicyclic amines) is 1. The topological polar surface area (TPSA) is 72.5 Å². The first-order valence-corrected chi connectivity index (χ1v) is 10.6. The summed E-state index contributed by atoms with van der Waals surface area (Å²) in [6, 6.07) is 7.43. The number of halogens is 2. The molecular weight excluding hydrogens is 416 g/mol. The zero-order chi connectivity index (χ0) is 22.2. The summed E-state index contributed by atoms with van der Waals surface area (Å²) in [5.74, 6) is 0.716. The number of nitrogens with one attached hydrogen (secondary N) is 1. The molecule has 1 fully saturated rings. The third-order valence-electron chi connectivity index (χ3n) is 5.99. The maximum absolute atomic E-state index is 14.5. The van der Waals surface area contributed by atoms with Crippen LogP contribution in [-0.2, 0) is 6.54 Å². The summed E-state index contributed by atoms with van der Waals surface area (Å²) >= 11 is 0. The van der Waals surface area contributed by atoms with Gasteiger partial charge in [-0.15, -0.1) is 5.10 Å². The Morgan fingerprint density at radius 2 is 2.16 bits per heavy atom. The van der Waals surface area contributed by atoms with E-state index in [9.17, 15) is 8.78 Å². The standard InChI is InChI=1S/C22H25F2N7O/c1-29-8-6-17(16(24)12-29)26-22-27-21(32-2)20-15(5-9-31(20)28-22)14-3-4-18-19(11-14)30(10-7-23)13-25-18/h3-5,9,11,13,16-17H,6-8,10,12H2,1-2H3,(H,26,28)/t16-,17+/m0/s1. The van der Waals surface area contributed by atoms with Gasteiger partial charge in [-0.05, 0) is 37.2 Å². The van der Waals surface area contributed by atoms with Gasteiger partial charge >= 0.3 is 0 Å². The molecule has 168 valence electrons. The van der Waals surface area contributed by atoms with Crippen molar-refractivity contribution in [3.8, 4) is 17.0 Å². The van der Waals surface area contributed by atoms with Gasteiger partial charge in [0.05, 0.1) is 37.1 Å². The second-order valence-electron chi connectivity index (χ2n) is 8.12. The van der Waals surface area contributed by atoms with Crippen LogP contribution >= 0.6 is 0 Å². The molecule has 5 rings (SSSR count). The number of fused-ring (bicyclic) bond motifs is 2. The molecule has 1 saturated heterocycles. The van der Waals surface area contributed by atoms with E-state index in [0.29, 0.717) is 30.3 Å². The summed E-state index contributed by atoms with van der Waals surface area (Å²) < 4.78 is 36.4. The predicted octanol–water partition coefficient (Wildman–Crippen LogP) is 3.18. The molecule has 1 N–H and O–H groups in total. The third-order valence-corrected chi connectivity index (χ3v) is 5.99. The summed E-state index contributed by atoms with van der Waals surface area (Å²) in [5, 5.41) is 7.68. The zero-order valence-corrected chi connectivity index (χ0v) is 18.0. The molecule has 0 bridgehead atoms. The Bertz CT molecular complexity index is 1250. The van der Waals surface area contributed by atoms with Crippen LogP contribution in [0.5, 0.6) is 5.88 Å². The van der Waals surface area contributed by atoms with Crippen molar-refractivity contribution in [2.75, 3.05) is 39.2 Å². The minimum atomic E-state index is -1.000. The van der Waals surface area contributed by atoms with Gasteiger partial charge in [0.1, 0.15) is 18.4 Å². The Morgan fingerprint density at radius 1 is 1.28 bits per heavy atom. The number of anilines is 1. The molecular formula is C22H25F2N7O. The highest BCUT2D eigenvalue weighted by molar-refractivity contribution is 5.89. The number of methoxy groups -OCH3 is 1. The highest BCUT2D eigenvalue weighted by Gasteiger charge is 2.28. The van der Waals surface area contributed by atoms with Crippen molar-refractivity contribution in [1.29, 1.82) is 0 Å². The van der Waals surface area contributed by atoms with Gasteiger partial charge in [0.15, 0.2) is 0 Å². The van der Waals surface area contributed by atoms with Crippen molar-refractivity contribution in [2.24, 2.45) is 0 Å². The van der Waals surface area contributed by atoms with Gasteiger partial charge in [0.2, 0.25) is 11.8 Å². The minimum Gasteiger partial charge on any atom is -0.479 e. The molecule has 2 atom stereocenters. The molecule has 4 aromatic rings. The van der Waals surface area contributed by atoms with Gasteiger partial charge in [-0.1, -0.05) is 6.07 Å². The lowest BCUT2D eigenvalue weighted by Crippen LogP contribution is -2.46. The molecule has 3 aromatic heterocycles. The van der Waals surface area contributed by atoms with Crippen molar-refractivity contribution in [2.45, 2.75) is 25.2 Å². The second-order valence-corrected chi connectivity index (χ2v) is 8.12. The van der Waals surface area contributed by atoms with Crippen LogP contribution in [-0.4, -0.2) is 75.2 Å². The van der Waals surface area contributed by atoms with Gasteiger partial charge in [0, 0.05) is 24.8 Å². The van der Waals surface area contributed by atoms with Crippen molar-refractivity contribution in [3.63, 3.8) is 0 Å². The Balaban J connectivity index is 1.52. The van der Waals surface area contributed by atoms with E-state index in [1.165, 1.54) is 0 Å². The summed E-state index contributed by atoms with van der Waals surface area (Å²) in [6.07, 6.45) is 3.14. The van der Waals surface area contributed by atoms with E-state index in [0.717, 1.165) is 28.7 Å². The number of nitrogens with zero attached hydrogens (tertiary/aromatic N) is 6. The smallest absolute Gasteiger partial charge is 0.244 e. The van der Waals surface area contributed by atoms with Gasteiger partial charge in [0.25, 0.3) is 0 Å². The van der Waals surface area contributed by atoms with Crippen LogP contribution in [0.15, 0.2) is 36.8 Å². The number of alkyl halides is 2. The minimum absolute atomic E-state index is 0.254. The molecule has 0 unspecified atom stereocenters. The lowest BCUT2D eigenvalue weighted by Gasteiger charge is -2.32. The average Bonchev–Trinajstić information content (AvgIpc) is 3.39. The summed E-state index contributed by atoms with van der Waals surface area (Å²) in [5.41, 5.74) is 4.16. The van der Waals surface area contributed by atoms with Crippen LogP contribution in [0, 0.1) is 0 Å². The molecule has 1 aromatic carbocycles. The maximum atomic E-state index is 14.5. The van der Waals surface area contributed by atoms with Crippen LogP contribution < -0.4 is 10.1 Å². The molecule has 8 nitrogen and oxygen atoms in total. The lowest BCUT2D eigenvalue weighted by atomic mass is 10.0. The Hall–Kier alpha value is -3.27. The first kappa shape index (κ1) is 20.6. The maximum Gasteiger partial charge on any atom is 0.244 e. The monoisotopic (exact) mass is 441 g/mol. The van der Waals surface area contributed by atoms with Crippen molar-refractivity contribution in [1.82, 2.24) is 29.0 Å². The molecule has 4 heterocycles. The Morgan fingerprint density at radius 3 is 2.94 bits per heavy atom. The van der Waals surface area contributed by atoms with E-state index in [2.05, 4.69) is 20.4 Å². The molecule has 0 spiro atoms. The summed E-state index contributed by atoms with van der Waals surface area (Å²) in [7, 11) is 3.47. The second kappa shape index (κ2) is 8.34. The molecule has 0 saturated carbocycles. The lowest BCUT2D eigenvalue weighted by molar-refractivity contribution is 0.149. The number of imidazole rings is 1. The van der Waals surface area contributed by atoms with E-state index < -0.39 is 12.8 Å². The number of hydrogen-bond donors (Lipinski definition) is 1. The fraction of sp³-hybridized carbons (Fsp3) is 0.409. The SMILES string of the molecule is COc1nc(N[C@@H]2CCN(C)C[C@@H]2F)nn2ccc(-c3ccc4ncn(CCF)c4c3)c12. The molecule has 1 aliphatic heterocycles. The Labute approximate surface area is 183 Å². The van der Waals surface area contributed by atoms with Gasteiger partial charge < -0.3 is 19.5 Å². The number of hydrogen-bond acceptors (Lipinski definition) is 6. The van der Waals surface area contributed by atoms with E-state index >= 15 is 0 Å². The van der Waals surface area contributed by atoms with Crippen LogP contribution in [0.25, 0.3) is 27.7 Å². The van der Waals surface area contributed by atoms with E-state index in [1.807, 2.05) is 42.4 Å². The molecule has 1 aliphatic rings. The molecule has 0 amide bonds. The first-order chi connectivity index (χ1) is 15.6. The van der Waals surface area contributed by atoms with Crippen LogP contribution in [0.4, 0.5) is 14.7 Å². The zero-order valence-electron chi connectivity index (χ0n) is 18.0. The Kier molecular flexibility index (Phi) is 5.38. The van der Waals surface area contributed by atoms with Crippen molar-refractivity contribution in [3.05, 3.63) is 36.8 Å². The normalized spacial score (nSPS) is 19.6. The molecule has 10 heteroatoms. The number of ether oxygens (including phenoxy) is 1. The highest BCUT2D eigenvalue weighted by Crippen LogP contribution is 2.33. The number of benzene rings is 1. The molecule has 32 heavy (non-hydrogen) atoms. The van der Waals surface area contributed by atoms with E-state index in [1.54, 1.807) is 22.5 Å². The van der Waals surface area contributed by atoms with Gasteiger partial charge in [-0.3, -0.25) is 0 Å². The van der Waals surface area contributed by atoms with Gasteiger partial charge in [-0.25, -0.2) is 18.3 Å². The van der Waals surface area contributed by atoms with Gasteiger partial charge in [-0.2, -0.15) is 4.98 Å². The summed E-state index contributed by atoms with van der Waals surface area (Å²) in [6.45, 7) is 0.989. The van der Waals surface area contributed by atoms with E-state index in [4.69, 9.17) is 4.74 Å². The molecule has 0 radical (unpaired) electrons. The van der Waals surface area contributed by atoms with Crippen LogP contribution in [0.2, 0.25) is 0 Å². The fourth-order valence-electron chi connectivity index (χ4n) is 4.31. The molecule has 0 aliphatic carbocycles. The number of aromatic nitrogens is 5. The van der Waals surface area contributed by atoms with Crippen LogP contribution in [0.3, 0.4) is 0 Å². The van der Waals surface area contributed by atoms with Crippen molar-refractivity contribution < 1.29 is 13.5 Å². The average molecular weight is 441 g/mol. The van der Waals surface area contributed by atoms with Crippen LogP contribution in [0.1, 0.15) is 6.42 Å². The fourth-order valence-corrected chi connectivity index (χ4v) is 4.31. The number of piperidine rings is 1. The largest absolute Gasteiger partial charge is 0.479 e. The predicted molar refractivity (Wildman–Crippen MR) is 119 cm³/mol. The van der Waals surface area contributed by atoms with E-state index in [-0.39, 0.29) is 12.6 Å². The highest BCUT2D eigenvalue weighted by atomic mass is 19.1. The third kappa shape index (κ3) is 3.64. The summed E-state index contributed by atoms with van der Waals surface area (Å²) in [4.78, 5) is 10.8. The quantitative estimate of drug-likeness (QED) is 0.496. The first-order valence-electron chi connectivity index (χ1n) is 10.6. The number of rotatable bonds is 6.